The van der Waals surface area contributed by atoms with E-state index in [4.69, 9.17) is 0 Å². The summed E-state index contributed by atoms with van der Waals surface area (Å²) in [7, 11) is 0. The number of hydrogen-bond acceptors (Lipinski definition) is 6. The number of anilines is 1. The van der Waals surface area contributed by atoms with Crippen LogP contribution in [-0.2, 0) is 6.42 Å². The molecule has 0 bridgehead atoms. The van der Waals surface area contributed by atoms with Crippen LogP contribution in [-0.4, -0.2) is 45.0 Å². The van der Waals surface area contributed by atoms with E-state index in [0.29, 0.717) is 16.0 Å². The number of fused-ring (bicyclic) bond motifs is 1. The summed E-state index contributed by atoms with van der Waals surface area (Å²) < 4.78 is 1.35. The van der Waals surface area contributed by atoms with E-state index in [9.17, 15) is 9.59 Å². The van der Waals surface area contributed by atoms with Gasteiger partial charge in [0.2, 0.25) is 10.1 Å². The molecular weight excluding hydrogens is 374 g/mol. The van der Waals surface area contributed by atoms with Crippen LogP contribution in [0.15, 0.2) is 41.2 Å². The van der Waals surface area contributed by atoms with Crippen LogP contribution in [0.3, 0.4) is 0 Å². The van der Waals surface area contributed by atoms with E-state index in [1.165, 1.54) is 21.9 Å². The van der Waals surface area contributed by atoms with Gasteiger partial charge < -0.3 is 10.2 Å². The fourth-order valence-corrected chi connectivity index (χ4v) is 4.28. The number of nitrogens with zero attached hydrogens (tertiary/aromatic N) is 4. The van der Waals surface area contributed by atoms with Gasteiger partial charge in [-0.15, -0.1) is 5.10 Å². The van der Waals surface area contributed by atoms with E-state index in [2.05, 4.69) is 15.4 Å². The van der Waals surface area contributed by atoms with Crippen LogP contribution in [0.1, 0.15) is 35.8 Å². The highest BCUT2D eigenvalue weighted by Crippen LogP contribution is 2.22. The van der Waals surface area contributed by atoms with Crippen LogP contribution in [0.5, 0.6) is 0 Å². The molecule has 2 aromatic heterocycles. The fraction of sp³-hybridized carbons (Fsp3) is 0.400. The summed E-state index contributed by atoms with van der Waals surface area (Å²) in [5, 5.41) is 8.40. The van der Waals surface area contributed by atoms with Crippen molar-refractivity contribution in [2.45, 2.75) is 26.2 Å². The first-order valence-corrected chi connectivity index (χ1v) is 10.4. The lowest BCUT2D eigenvalue weighted by molar-refractivity contribution is 0.0695. The average molecular weight is 398 g/mol. The monoisotopic (exact) mass is 397 g/mol. The first kappa shape index (κ1) is 18.6. The van der Waals surface area contributed by atoms with Crippen molar-refractivity contribution in [2.75, 3.05) is 25.0 Å². The summed E-state index contributed by atoms with van der Waals surface area (Å²) in [6, 6.07) is 11.0. The summed E-state index contributed by atoms with van der Waals surface area (Å²) in [6.07, 6.45) is 2.63. The van der Waals surface area contributed by atoms with Crippen LogP contribution in [0.2, 0.25) is 0 Å². The molecule has 7 nitrogen and oxygen atoms in total. The maximum Gasteiger partial charge on any atom is 0.275 e. The molecule has 1 aliphatic heterocycles. The van der Waals surface area contributed by atoms with Gasteiger partial charge >= 0.3 is 0 Å². The van der Waals surface area contributed by atoms with Crippen LogP contribution < -0.4 is 10.9 Å². The molecule has 4 rings (SSSR count). The highest BCUT2D eigenvalue weighted by atomic mass is 32.1. The van der Waals surface area contributed by atoms with Gasteiger partial charge in [0.1, 0.15) is 0 Å². The lowest BCUT2D eigenvalue weighted by atomic mass is 9.96. The summed E-state index contributed by atoms with van der Waals surface area (Å²) >= 11 is 1.40. The van der Waals surface area contributed by atoms with Gasteiger partial charge in [0.25, 0.3) is 11.5 Å². The minimum Gasteiger partial charge on any atom is -0.360 e. The smallest absolute Gasteiger partial charge is 0.275 e. The maximum atomic E-state index is 12.5. The molecule has 1 aromatic carbocycles. The fourth-order valence-electron chi connectivity index (χ4n) is 3.44. The van der Waals surface area contributed by atoms with Crippen LogP contribution in [0.25, 0.3) is 4.96 Å². The molecule has 1 fully saturated rings. The van der Waals surface area contributed by atoms with E-state index >= 15 is 0 Å². The van der Waals surface area contributed by atoms with Gasteiger partial charge in [-0.3, -0.25) is 9.59 Å². The van der Waals surface area contributed by atoms with Gasteiger partial charge in [-0.2, -0.15) is 4.52 Å². The number of nitrogens with one attached hydrogen (secondary N) is 1. The second-order valence-corrected chi connectivity index (χ2v) is 7.98. The molecule has 1 N–H and O–H groups in total. The summed E-state index contributed by atoms with van der Waals surface area (Å²) in [5.74, 6) is 0.582. The number of piperidine rings is 1. The first-order chi connectivity index (χ1) is 13.6. The van der Waals surface area contributed by atoms with Crippen molar-refractivity contribution in [1.29, 1.82) is 0 Å². The molecule has 3 aromatic rings. The van der Waals surface area contributed by atoms with Crippen molar-refractivity contribution in [3.8, 4) is 0 Å². The zero-order valence-corrected chi connectivity index (χ0v) is 16.6. The third-order valence-corrected chi connectivity index (χ3v) is 5.99. The Hall–Kier alpha value is -2.74. The zero-order chi connectivity index (χ0) is 19.5. The Morgan fingerprint density at radius 1 is 1.25 bits per heavy atom. The molecule has 0 atom stereocenters. The van der Waals surface area contributed by atoms with Gasteiger partial charge in [0.15, 0.2) is 0 Å². The van der Waals surface area contributed by atoms with Gasteiger partial charge in [-0.1, -0.05) is 36.5 Å². The average Bonchev–Trinajstić information content (AvgIpc) is 3.16. The molecule has 0 radical (unpaired) electrons. The SMILES string of the molecule is CCc1cc(=O)n2nc(NCC3CCN(C(=O)c4ccccc4)CC3)sc2n1. The maximum absolute atomic E-state index is 12.5. The quantitative estimate of drug-likeness (QED) is 0.716. The molecular formula is C20H23N5O2S. The van der Waals surface area contributed by atoms with Gasteiger partial charge in [-0.25, -0.2) is 4.98 Å². The van der Waals surface area contributed by atoms with Gasteiger partial charge in [0.05, 0.1) is 0 Å². The number of carbonyl (C=O) groups excluding carboxylic acids is 1. The Kier molecular flexibility index (Phi) is 5.38. The summed E-state index contributed by atoms with van der Waals surface area (Å²) in [5.41, 5.74) is 1.40. The van der Waals surface area contributed by atoms with E-state index < -0.39 is 0 Å². The van der Waals surface area contributed by atoms with Gasteiger partial charge in [0, 0.05) is 37.0 Å². The van der Waals surface area contributed by atoms with E-state index in [1.807, 2.05) is 42.2 Å². The zero-order valence-electron chi connectivity index (χ0n) is 15.8. The molecule has 28 heavy (non-hydrogen) atoms. The van der Waals surface area contributed by atoms with E-state index in [-0.39, 0.29) is 11.5 Å². The van der Waals surface area contributed by atoms with Crippen molar-refractivity contribution in [3.05, 3.63) is 58.0 Å². The number of aromatic nitrogens is 3. The largest absolute Gasteiger partial charge is 0.360 e. The van der Waals surface area contributed by atoms with Gasteiger partial charge in [-0.05, 0) is 37.3 Å². The Balaban J connectivity index is 1.33. The van der Waals surface area contributed by atoms with Crippen molar-refractivity contribution in [2.24, 2.45) is 5.92 Å². The van der Waals surface area contributed by atoms with E-state index in [0.717, 1.165) is 50.2 Å². The molecule has 1 aliphatic rings. The predicted octanol–water partition coefficient (Wildman–Crippen LogP) is 2.68. The van der Waals surface area contributed by atoms with Crippen LogP contribution in [0.4, 0.5) is 5.13 Å². The second kappa shape index (κ2) is 8.10. The number of likely N-dealkylation sites (tertiary alicyclic amines) is 1. The minimum absolute atomic E-state index is 0.107. The topological polar surface area (TPSA) is 79.6 Å². The number of rotatable bonds is 5. The molecule has 0 saturated carbocycles. The third kappa shape index (κ3) is 3.91. The molecule has 1 saturated heterocycles. The number of aryl methyl sites for hydroxylation is 1. The first-order valence-electron chi connectivity index (χ1n) is 9.62. The second-order valence-electron chi connectivity index (χ2n) is 7.02. The highest BCUT2D eigenvalue weighted by Gasteiger charge is 2.23. The Bertz CT molecular complexity index is 1020. The molecule has 8 heteroatoms. The van der Waals surface area contributed by atoms with Crippen molar-refractivity contribution < 1.29 is 4.79 Å². The van der Waals surface area contributed by atoms with Crippen molar-refractivity contribution in [3.63, 3.8) is 0 Å². The van der Waals surface area contributed by atoms with Crippen LogP contribution in [0, 0.1) is 5.92 Å². The highest BCUT2D eigenvalue weighted by molar-refractivity contribution is 7.20. The number of amides is 1. The van der Waals surface area contributed by atoms with Crippen molar-refractivity contribution >= 4 is 27.3 Å². The lowest BCUT2D eigenvalue weighted by Gasteiger charge is -2.32. The number of hydrogen-bond donors (Lipinski definition) is 1. The van der Waals surface area contributed by atoms with Crippen LogP contribution >= 0.6 is 11.3 Å². The molecule has 3 heterocycles. The standard InChI is InChI=1S/C20H23N5O2S/c1-2-16-12-17(26)25-20(22-16)28-19(23-25)21-13-14-8-10-24(11-9-14)18(27)15-6-4-3-5-7-15/h3-7,12,14H,2,8-11,13H2,1H3,(H,21,23). The Labute approximate surface area is 167 Å². The Morgan fingerprint density at radius 3 is 2.71 bits per heavy atom. The molecule has 146 valence electrons. The van der Waals surface area contributed by atoms with E-state index in [1.54, 1.807) is 0 Å². The summed E-state index contributed by atoms with van der Waals surface area (Å²) in [6.45, 7) is 4.29. The number of benzene rings is 1. The third-order valence-electron chi connectivity index (χ3n) is 5.12. The number of carbonyl (C=O) groups is 1. The lowest BCUT2D eigenvalue weighted by Crippen LogP contribution is -2.39. The molecule has 0 aliphatic carbocycles. The molecule has 1 amide bonds. The van der Waals surface area contributed by atoms with Crippen molar-refractivity contribution in [1.82, 2.24) is 19.5 Å². The summed E-state index contributed by atoms with van der Waals surface area (Å²) in [4.78, 5) is 31.6. The molecule has 0 spiro atoms. The Morgan fingerprint density at radius 2 is 2.00 bits per heavy atom. The normalized spacial score (nSPS) is 15.1. The molecule has 0 unspecified atom stereocenters. The minimum atomic E-state index is -0.140. The predicted molar refractivity (Wildman–Crippen MR) is 110 cm³/mol.